The van der Waals surface area contributed by atoms with Crippen LogP contribution in [-0.4, -0.2) is 58.8 Å². The van der Waals surface area contributed by atoms with Gasteiger partial charge in [0.1, 0.15) is 5.75 Å². The number of hydrogen-bond acceptors (Lipinski definition) is 4. The monoisotopic (exact) mass is 524 g/mol. The second kappa shape index (κ2) is 12.5. The van der Waals surface area contributed by atoms with Crippen LogP contribution in [0.1, 0.15) is 31.7 Å². The van der Waals surface area contributed by atoms with E-state index in [0.717, 1.165) is 30.7 Å². The van der Waals surface area contributed by atoms with Crippen LogP contribution in [0.25, 0.3) is 0 Å². The standard InChI is InChI=1S/C19H32N4O3S.HI/c1-4-20-19(23(2)15-17-8-10-18(26-3)11-9-17)21-12-13-27(24,25)22-14-16-6-5-7-16;/h8-11,16,22H,4-7,12-15H2,1-3H3,(H,20,21);1H. The Bertz CT molecular complexity index is 706. The van der Waals surface area contributed by atoms with Gasteiger partial charge in [0.25, 0.3) is 0 Å². The molecule has 2 N–H and O–H groups in total. The van der Waals surface area contributed by atoms with E-state index < -0.39 is 10.0 Å². The van der Waals surface area contributed by atoms with Gasteiger partial charge in [-0.15, -0.1) is 24.0 Å². The van der Waals surface area contributed by atoms with Crippen LogP contribution in [0.4, 0.5) is 0 Å². The minimum atomic E-state index is -3.27. The molecule has 160 valence electrons. The number of methoxy groups -OCH3 is 1. The summed E-state index contributed by atoms with van der Waals surface area (Å²) in [7, 11) is 0.312. The molecule has 0 spiro atoms. The molecule has 0 heterocycles. The number of ether oxygens (including phenoxy) is 1. The van der Waals surface area contributed by atoms with Crippen LogP contribution in [0.3, 0.4) is 0 Å². The zero-order valence-electron chi connectivity index (χ0n) is 17.0. The van der Waals surface area contributed by atoms with Gasteiger partial charge < -0.3 is 15.0 Å². The third kappa shape index (κ3) is 8.52. The molecule has 0 atom stereocenters. The molecule has 0 aromatic heterocycles. The van der Waals surface area contributed by atoms with Crippen molar-refractivity contribution >= 4 is 40.0 Å². The number of guanidine groups is 1. The highest BCUT2D eigenvalue weighted by atomic mass is 127. The molecule has 1 saturated carbocycles. The predicted octanol–water partition coefficient (Wildman–Crippen LogP) is 2.43. The lowest BCUT2D eigenvalue weighted by atomic mass is 9.86. The van der Waals surface area contributed by atoms with Crippen molar-refractivity contribution in [2.75, 3.05) is 39.5 Å². The molecule has 1 fully saturated rings. The number of nitrogens with one attached hydrogen (secondary N) is 2. The van der Waals surface area contributed by atoms with E-state index in [1.54, 1.807) is 7.11 Å². The summed E-state index contributed by atoms with van der Waals surface area (Å²) in [4.78, 5) is 6.46. The highest BCUT2D eigenvalue weighted by Crippen LogP contribution is 2.25. The van der Waals surface area contributed by atoms with Crippen LogP contribution in [-0.2, 0) is 16.6 Å². The largest absolute Gasteiger partial charge is 0.497 e. The predicted molar refractivity (Wildman–Crippen MR) is 125 cm³/mol. The summed E-state index contributed by atoms with van der Waals surface area (Å²) in [5.41, 5.74) is 1.12. The van der Waals surface area contributed by atoms with Crippen molar-refractivity contribution in [1.82, 2.24) is 14.9 Å². The Morgan fingerprint density at radius 2 is 1.96 bits per heavy atom. The van der Waals surface area contributed by atoms with Gasteiger partial charge in [-0.2, -0.15) is 0 Å². The lowest BCUT2D eigenvalue weighted by molar-refractivity contribution is 0.316. The number of benzene rings is 1. The number of halogens is 1. The number of nitrogens with zero attached hydrogens (tertiary/aromatic N) is 2. The Labute approximate surface area is 186 Å². The SMILES string of the molecule is CCNC(=NCCS(=O)(=O)NCC1CCC1)N(C)Cc1ccc(OC)cc1.I. The Morgan fingerprint density at radius 3 is 2.50 bits per heavy atom. The van der Waals surface area contributed by atoms with Gasteiger partial charge in [-0.3, -0.25) is 4.99 Å². The molecule has 0 aliphatic heterocycles. The summed E-state index contributed by atoms with van der Waals surface area (Å²) in [5, 5.41) is 3.22. The summed E-state index contributed by atoms with van der Waals surface area (Å²) >= 11 is 0. The fraction of sp³-hybridized carbons (Fsp3) is 0.632. The molecular formula is C19H33IN4O3S. The van der Waals surface area contributed by atoms with Crippen LogP contribution < -0.4 is 14.8 Å². The third-order valence-corrected chi connectivity index (χ3v) is 6.04. The Kier molecular flexibility index (Phi) is 11.1. The number of hydrogen-bond donors (Lipinski definition) is 2. The minimum absolute atomic E-state index is 0. The molecule has 1 aliphatic carbocycles. The fourth-order valence-electron chi connectivity index (χ4n) is 2.84. The third-order valence-electron chi connectivity index (χ3n) is 4.71. The molecule has 7 nitrogen and oxygen atoms in total. The van der Waals surface area contributed by atoms with Crippen molar-refractivity contribution in [3.8, 4) is 5.75 Å². The van der Waals surface area contributed by atoms with Crippen molar-refractivity contribution in [2.24, 2.45) is 10.9 Å². The average molecular weight is 524 g/mol. The average Bonchev–Trinajstić information content (AvgIpc) is 2.60. The van der Waals surface area contributed by atoms with Crippen LogP contribution in [0.5, 0.6) is 5.75 Å². The van der Waals surface area contributed by atoms with Crippen molar-refractivity contribution in [3.05, 3.63) is 29.8 Å². The summed E-state index contributed by atoms with van der Waals surface area (Å²) in [6, 6.07) is 7.86. The van der Waals surface area contributed by atoms with Crippen molar-refractivity contribution in [1.29, 1.82) is 0 Å². The highest BCUT2D eigenvalue weighted by molar-refractivity contribution is 14.0. The van der Waals surface area contributed by atoms with Crippen molar-refractivity contribution in [2.45, 2.75) is 32.7 Å². The first kappa shape index (κ1) is 25.0. The Balaban J connectivity index is 0.00000392. The van der Waals surface area contributed by atoms with E-state index in [1.165, 1.54) is 6.42 Å². The first-order valence-electron chi connectivity index (χ1n) is 9.53. The van der Waals surface area contributed by atoms with Gasteiger partial charge in [0, 0.05) is 26.7 Å². The second-order valence-electron chi connectivity index (χ2n) is 6.90. The zero-order valence-corrected chi connectivity index (χ0v) is 20.1. The molecule has 0 unspecified atom stereocenters. The fourth-order valence-corrected chi connectivity index (χ4v) is 3.80. The molecule has 9 heteroatoms. The van der Waals surface area contributed by atoms with Crippen LogP contribution >= 0.6 is 24.0 Å². The number of rotatable bonds is 10. The molecular weight excluding hydrogens is 491 g/mol. The normalized spacial score (nSPS) is 14.8. The summed E-state index contributed by atoms with van der Waals surface area (Å²) in [5.74, 6) is 2.03. The molecule has 1 aromatic carbocycles. The maximum Gasteiger partial charge on any atom is 0.213 e. The maximum absolute atomic E-state index is 12.1. The van der Waals surface area contributed by atoms with E-state index in [1.807, 2.05) is 43.1 Å². The number of aliphatic imine (C=N–C) groups is 1. The second-order valence-corrected chi connectivity index (χ2v) is 8.83. The van der Waals surface area contributed by atoms with E-state index in [2.05, 4.69) is 15.0 Å². The molecule has 2 rings (SSSR count). The van der Waals surface area contributed by atoms with Crippen molar-refractivity contribution in [3.63, 3.8) is 0 Å². The molecule has 28 heavy (non-hydrogen) atoms. The number of sulfonamides is 1. The van der Waals surface area contributed by atoms with E-state index >= 15 is 0 Å². The highest BCUT2D eigenvalue weighted by Gasteiger charge is 2.20. The zero-order chi connectivity index (χ0) is 19.7. The smallest absolute Gasteiger partial charge is 0.213 e. The lowest BCUT2D eigenvalue weighted by Gasteiger charge is -2.25. The molecule has 0 amide bonds. The van der Waals surface area contributed by atoms with E-state index in [0.29, 0.717) is 25.0 Å². The van der Waals surface area contributed by atoms with E-state index in [9.17, 15) is 8.42 Å². The van der Waals surface area contributed by atoms with Crippen LogP contribution in [0, 0.1) is 5.92 Å². The minimum Gasteiger partial charge on any atom is -0.497 e. The topological polar surface area (TPSA) is 83.0 Å². The van der Waals surface area contributed by atoms with Gasteiger partial charge >= 0.3 is 0 Å². The van der Waals surface area contributed by atoms with Gasteiger partial charge in [-0.1, -0.05) is 18.6 Å². The Morgan fingerprint density at radius 1 is 1.29 bits per heavy atom. The summed E-state index contributed by atoms with van der Waals surface area (Å²) < 4.78 is 32.1. The molecule has 0 bridgehead atoms. The van der Waals surface area contributed by atoms with Gasteiger partial charge in [0.15, 0.2) is 5.96 Å². The van der Waals surface area contributed by atoms with E-state index in [-0.39, 0.29) is 36.3 Å². The Hall–Kier alpha value is -1.07. The molecule has 1 aliphatic rings. The molecule has 1 aromatic rings. The summed E-state index contributed by atoms with van der Waals surface area (Å²) in [6.07, 6.45) is 3.46. The van der Waals surface area contributed by atoms with Gasteiger partial charge in [-0.05, 0) is 43.4 Å². The van der Waals surface area contributed by atoms with Crippen LogP contribution in [0.15, 0.2) is 29.3 Å². The quantitative estimate of drug-likeness (QED) is 0.279. The first-order valence-corrected chi connectivity index (χ1v) is 11.2. The molecule has 0 saturated heterocycles. The van der Waals surface area contributed by atoms with E-state index in [4.69, 9.17) is 4.74 Å². The first-order chi connectivity index (χ1) is 12.9. The van der Waals surface area contributed by atoms with Crippen LogP contribution in [0.2, 0.25) is 0 Å². The van der Waals surface area contributed by atoms with Crippen molar-refractivity contribution < 1.29 is 13.2 Å². The van der Waals surface area contributed by atoms with Gasteiger partial charge in [0.2, 0.25) is 10.0 Å². The lowest BCUT2D eigenvalue weighted by Crippen LogP contribution is -2.39. The maximum atomic E-state index is 12.1. The van der Waals surface area contributed by atoms with Gasteiger partial charge in [-0.25, -0.2) is 13.1 Å². The van der Waals surface area contributed by atoms with Gasteiger partial charge in [0.05, 0.1) is 19.4 Å². The molecule has 0 radical (unpaired) electrons. The summed E-state index contributed by atoms with van der Waals surface area (Å²) in [6.45, 7) is 4.17.